The standard InChI is InChI=1S/C25H24ClN3O3S/c1-5-20(23(30)28-19-11-16(26)7-9-21(19)32-4)29-13-27-24-22(25(29)31)18(12-33-24)17-8-6-14(2)10-15(17)3/h6-13,20H,5H2,1-4H3,(H,28,30). The number of hydrogen-bond acceptors (Lipinski definition) is 5. The molecule has 0 saturated heterocycles. The maximum Gasteiger partial charge on any atom is 0.263 e. The summed E-state index contributed by atoms with van der Waals surface area (Å²) in [6.07, 6.45) is 1.86. The van der Waals surface area contributed by atoms with Crippen LogP contribution in [0.4, 0.5) is 5.69 Å². The lowest BCUT2D eigenvalue weighted by molar-refractivity contribution is -0.119. The number of aryl methyl sites for hydroxylation is 2. The first-order valence-corrected chi connectivity index (χ1v) is 11.8. The summed E-state index contributed by atoms with van der Waals surface area (Å²) >= 11 is 7.52. The van der Waals surface area contributed by atoms with Crippen molar-refractivity contribution < 1.29 is 9.53 Å². The lowest BCUT2D eigenvalue weighted by Crippen LogP contribution is -2.33. The lowest BCUT2D eigenvalue weighted by atomic mass is 9.99. The molecule has 4 aromatic rings. The van der Waals surface area contributed by atoms with Crippen LogP contribution in [0.2, 0.25) is 5.02 Å². The van der Waals surface area contributed by atoms with Gasteiger partial charge < -0.3 is 10.1 Å². The van der Waals surface area contributed by atoms with E-state index in [1.54, 1.807) is 18.2 Å². The van der Waals surface area contributed by atoms with Crippen LogP contribution in [0.1, 0.15) is 30.5 Å². The van der Waals surface area contributed by atoms with Gasteiger partial charge in [0.15, 0.2) is 0 Å². The molecule has 33 heavy (non-hydrogen) atoms. The Morgan fingerprint density at radius 3 is 2.70 bits per heavy atom. The molecular weight excluding hydrogens is 458 g/mol. The number of thiophene rings is 1. The zero-order valence-electron chi connectivity index (χ0n) is 18.8. The van der Waals surface area contributed by atoms with Crippen molar-refractivity contribution in [3.63, 3.8) is 0 Å². The van der Waals surface area contributed by atoms with Gasteiger partial charge in [-0.25, -0.2) is 4.98 Å². The van der Waals surface area contributed by atoms with Crippen LogP contribution in [0.3, 0.4) is 0 Å². The quantitative estimate of drug-likeness (QED) is 0.367. The van der Waals surface area contributed by atoms with E-state index in [-0.39, 0.29) is 11.5 Å². The predicted octanol–water partition coefficient (Wildman–Crippen LogP) is 5.99. The van der Waals surface area contributed by atoms with Crippen LogP contribution in [0.15, 0.2) is 52.9 Å². The van der Waals surface area contributed by atoms with Crippen molar-refractivity contribution in [1.29, 1.82) is 0 Å². The van der Waals surface area contributed by atoms with Crippen molar-refractivity contribution in [2.24, 2.45) is 0 Å². The number of nitrogens with zero attached hydrogens (tertiary/aromatic N) is 2. The molecule has 0 bridgehead atoms. The number of fused-ring (bicyclic) bond motifs is 1. The first-order chi connectivity index (χ1) is 15.8. The lowest BCUT2D eigenvalue weighted by Gasteiger charge is -2.19. The average Bonchev–Trinajstić information content (AvgIpc) is 3.20. The molecule has 0 aliphatic rings. The van der Waals surface area contributed by atoms with Crippen LogP contribution in [0.5, 0.6) is 5.75 Å². The summed E-state index contributed by atoms with van der Waals surface area (Å²) in [5, 5.41) is 5.80. The highest BCUT2D eigenvalue weighted by Gasteiger charge is 2.24. The Balaban J connectivity index is 1.77. The molecule has 2 aromatic heterocycles. The average molecular weight is 482 g/mol. The Hall–Kier alpha value is -3.16. The first-order valence-electron chi connectivity index (χ1n) is 10.5. The van der Waals surface area contributed by atoms with Crippen LogP contribution >= 0.6 is 22.9 Å². The van der Waals surface area contributed by atoms with E-state index in [9.17, 15) is 9.59 Å². The van der Waals surface area contributed by atoms with Crippen LogP contribution in [-0.4, -0.2) is 22.6 Å². The van der Waals surface area contributed by atoms with E-state index in [0.29, 0.717) is 33.1 Å². The highest BCUT2D eigenvalue weighted by Crippen LogP contribution is 2.34. The SMILES string of the molecule is CCC(C(=O)Nc1cc(Cl)ccc1OC)n1cnc2scc(-c3ccc(C)cc3C)c2c1=O. The van der Waals surface area contributed by atoms with Gasteiger partial charge >= 0.3 is 0 Å². The number of carbonyl (C=O) groups is 1. The third kappa shape index (κ3) is 4.38. The molecule has 0 fully saturated rings. The molecule has 1 amide bonds. The van der Waals surface area contributed by atoms with Gasteiger partial charge in [0.25, 0.3) is 5.56 Å². The maximum absolute atomic E-state index is 13.6. The van der Waals surface area contributed by atoms with Crippen LogP contribution in [-0.2, 0) is 4.79 Å². The van der Waals surface area contributed by atoms with E-state index in [1.807, 2.05) is 38.3 Å². The number of amides is 1. The summed E-state index contributed by atoms with van der Waals surface area (Å²) in [6.45, 7) is 5.92. The second kappa shape index (κ2) is 9.37. The first kappa shape index (κ1) is 23.0. The zero-order valence-corrected chi connectivity index (χ0v) is 20.4. The third-order valence-corrected chi connectivity index (χ3v) is 6.76. The molecule has 4 rings (SSSR count). The molecule has 170 valence electrons. The predicted molar refractivity (Wildman–Crippen MR) is 135 cm³/mol. The highest BCUT2D eigenvalue weighted by molar-refractivity contribution is 7.17. The molecule has 0 saturated carbocycles. The van der Waals surface area contributed by atoms with Crippen molar-refractivity contribution in [1.82, 2.24) is 9.55 Å². The van der Waals surface area contributed by atoms with E-state index in [2.05, 4.69) is 16.4 Å². The fourth-order valence-electron chi connectivity index (χ4n) is 3.98. The summed E-state index contributed by atoms with van der Waals surface area (Å²) in [4.78, 5) is 32.0. The maximum atomic E-state index is 13.6. The van der Waals surface area contributed by atoms with Gasteiger partial charge in [0.2, 0.25) is 5.91 Å². The summed E-state index contributed by atoms with van der Waals surface area (Å²) in [5.74, 6) is 0.142. The molecule has 0 spiro atoms. The topological polar surface area (TPSA) is 73.2 Å². The Labute approximate surface area is 200 Å². The fourth-order valence-corrected chi connectivity index (χ4v) is 5.05. The number of carbonyl (C=O) groups excluding carboxylic acids is 1. The van der Waals surface area contributed by atoms with Gasteiger partial charge in [-0.15, -0.1) is 11.3 Å². The molecular formula is C25H24ClN3O3S. The Bertz CT molecular complexity index is 1410. The summed E-state index contributed by atoms with van der Waals surface area (Å²) in [7, 11) is 1.52. The molecule has 2 heterocycles. The van der Waals surface area contributed by atoms with Gasteiger partial charge in [-0.2, -0.15) is 0 Å². The molecule has 6 nitrogen and oxygen atoms in total. The number of nitrogens with one attached hydrogen (secondary N) is 1. The minimum absolute atomic E-state index is 0.240. The number of aromatic nitrogens is 2. The van der Waals surface area contributed by atoms with E-state index in [1.165, 1.54) is 29.3 Å². The molecule has 1 atom stereocenters. The molecule has 1 N–H and O–H groups in total. The molecule has 1 unspecified atom stereocenters. The second-order valence-electron chi connectivity index (χ2n) is 7.86. The van der Waals surface area contributed by atoms with Crippen molar-refractivity contribution in [3.8, 4) is 16.9 Å². The van der Waals surface area contributed by atoms with Crippen LogP contribution < -0.4 is 15.6 Å². The number of rotatable bonds is 6. The monoisotopic (exact) mass is 481 g/mol. The molecule has 0 radical (unpaired) electrons. The summed E-state index contributed by atoms with van der Waals surface area (Å²) in [6, 6.07) is 10.4. The van der Waals surface area contributed by atoms with Crippen molar-refractivity contribution in [3.05, 3.63) is 74.6 Å². The van der Waals surface area contributed by atoms with Crippen molar-refractivity contribution >= 4 is 44.7 Å². The van der Waals surface area contributed by atoms with Crippen molar-refractivity contribution in [2.75, 3.05) is 12.4 Å². The third-order valence-electron chi connectivity index (χ3n) is 5.64. The Morgan fingerprint density at radius 2 is 2.00 bits per heavy atom. The Kier molecular flexibility index (Phi) is 6.54. The molecule has 0 aliphatic heterocycles. The number of anilines is 1. The minimum atomic E-state index is -0.745. The number of hydrogen-bond donors (Lipinski definition) is 1. The van der Waals surface area contributed by atoms with Gasteiger partial charge in [-0.05, 0) is 49.6 Å². The number of methoxy groups -OCH3 is 1. The highest BCUT2D eigenvalue weighted by atomic mass is 35.5. The van der Waals surface area contributed by atoms with Crippen molar-refractivity contribution in [2.45, 2.75) is 33.2 Å². The van der Waals surface area contributed by atoms with E-state index >= 15 is 0 Å². The van der Waals surface area contributed by atoms with Gasteiger partial charge in [-0.3, -0.25) is 14.2 Å². The number of ether oxygens (including phenoxy) is 1. The van der Waals surface area contributed by atoms with E-state index < -0.39 is 6.04 Å². The van der Waals surface area contributed by atoms with Gasteiger partial charge in [0.05, 0.1) is 24.5 Å². The normalized spacial score (nSPS) is 12.0. The summed E-state index contributed by atoms with van der Waals surface area (Å²) < 4.78 is 6.73. The zero-order chi connectivity index (χ0) is 23.7. The number of halogens is 1. The van der Waals surface area contributed by atoms with Gasteiger partial charge in [0.1, 0.15) is 16.6 Å². The van der Waals surface area contributed by atoms with Gasteiger partial charge in [0, 0.05) is 16.0 Å². The summed E-state index contributed by atoms with van der Waals surface area (Å²) in [5.41, 5.74) is 4.28. The molecule has 2 aromatic carbocycles. The van der Waals surface area contributed by atoms with Crippen LogP contribution in [0, 0.1) is 13.8 Å². The molecule has 0 aliphatic carbocycles. The number of benzene rings is 2. The minimum Gasteiger partial charge on any atom is -0.495 e. The van der Waals surface area contributed by atoms with Gasteiger partial charge in [-0.1, -0.05) is 42.3 Å². The fraction of sp³-hybridized carbons (Fsp3) is 0.240. The second-order valence-corrected chi connectivity index (χ2v) is 9.16. The molecule has 8 heteroatoms. The van der Waals surface area contributed by atoms with E-state index in [4.69, 9.17) is 16.3 Å². The smallest absolute Gasteiger partial charge is 0.263 e. The Morgan fingerprint density at radius 1 is 1.21 bits per heavy atom. The van der Waals surface area contributed by atoms with E-state index in [0.717, 1.165) is 22.3 Å². The van der Waals surface area contributed by atoms with Crippen LogP contribution in [0.25, 0.3) is 21.3 Å². The largest absolute Gasteiger partial charge is 0.495 e.